The summed E-state index contributed by atoms with van der Waals surface area (Å²) in [6.07, 6.45) is 1.65. The number of unbranched alkanes of at least 4 members (excludes halogenated alkanes) is 1. The van der Waals surface area contributed by atoms with Gasteiger partial charge in [-0.05, 0) is 56.7 Å². The molecule has 10 heteroatoms. The van der Waals surface area contributed by atoms with E-state index in [1.165, 1.54) is 35.2 Å². The molecule has 3 rings (SSSR count). The molecule has 0 bridgehead atoms. The zero-order valence-corrected chi connectivity index (χ0v) is 24.6. The molecular formula is C29H33BrFN3O4S. The van der Waals surface area contributed by atoms with E-state index >= 15 is 0 Å². The molecule has 208 valence electrons. The number of amides is 2. The number of anilines is 1. The lowest BCUT2D eigenvalue weighted by Crippen LogP contribution is -2.51. The summed E-state index contributed by atoms with van der Waals surface area (Å²) in [5, 5.41) is 2.81. The van der Waals surface area contributed by atoms with Crippen molar-refractivity contribution in [2.75, 3.05) is 17.4 Å². The van der Waals surface area contributed by atoms with Crippen molar-refractivity contribution in [1.29, 1.82) is 0 Å². The van der Waals surface area contributed by atoms with Crippen molar-refractivity contribution < 1.29 is 22.4 Å². The summed E-state index contributed by atoms with van der Waals surface area (Å²) in [6, 6.07) is 18.0. The minimum absolute atomic E-state index is 0.0203. The van der Waals surface area contributed by atoms with Crippen LogP contribution in [-0.4, -0.2) is 44.3 Å². The molecule has 0 heterocycles. The van der Waals surface area contributed by atoms with E-state index in [2.05, 4.69) is 21.2 Å². The number of nitrogens with zero attached hydrogens (tertiary/aromatic N) is 2. The molecule has 0 radical (unpaired) electrons. The van der Waals surface area contributed by atoms with E-state index in [0.29, 0.717) is 11.0 Å². The van der Waals surface area contributed by atoms with Crippen molar-refractivity contribution in [3.05, 3.63) is 94.2 Å². The van der Waals surface area contributed by atoms with Gasteiger partial charge in [-0.2, -0.15) is 0 Å². The van der Waals surface area contributed by atoms with Crippen molar-refractivity contribution in [2.24, 2.45) is 0 Å². The van der Waals surface area contributed by atoms with Crippen LogP contribution in [0.4, 0.5) is 10.1 Å². The van der Waals surface area contributed by atoms with Gasteiger partial charge in [0.1, 0.15) is 18.4 Å². The maximum absolute atomic E-state index is 14.6. The van der Waals surface area contributed by atoms with Gasteiger partial charge < -0.3 is 10.2 Å². The van der Waals surface area contributed by atoms with Crippen LogP contribution in [0.25, 0.3) is 0 Å². The van der Waals surface area contributed by atoms with Crippen LogP contribution in [0.15, 0.2) is 82.2 Å². The number of halogens is 2. The molecule has 0 aliphatic rings. The van der Waals surface area contributed by atoms with Crippen molar-refractivity contribution in [3.8, 4) is 0 Å². The fraction of sp³-hybridized carbons (Fsp3) is 0.310. The molecule has 3 aromatic carbocycles. The lowest BCUT2D eigenvalue weighted by Gasteiger charge is -2.32. The van der Waals surface area contributed by atoms with Crippen LogP contribution in [0.2, 0.25) is 0 Å². The number of nitrogens with one attached hydrogen (secondary N) is 1. The Morgan fingerprint density at radius 1 is 1.03 bits per heavy atom. The molecule has 2 amide bonds. The fourth-order valence-corrected chi connectivity index (χ4v) is 5.72. The van der Waals surface area contributed by atoms with Crippen molar-refractivity contribution in [3.63, 3.8) is 0 Å². The van der Waals surface area contributed by atoms with Crippen LogP contribution in [0.3, 0.4) is 0 Å². The Bertz CT molecular complexity index is 1400. The highest BCUT2D eigenvalue weighted by Crippen LogP contribution is 2.27. The van der Waals surface area contributed by atoms with Crippen LogP contribution in [0.1, 0.15) is 37.8 Å². The van der Waals surface area contributed by atoms with Gasteiger partial charge in [-0.3, -0.25) is 13.9 Å². The van der Waals surface area contributed by atoms with Gasteiger partial charge in [-0.15, -0.1) is 0 Å². The first-order valence-corrected chi connectivity index (χ1v) is 14.9. The number of carbonyl (C=O) groups is 2. The zero-order valence-electron chi connectivity index (χ0n) is 22.2. The van der Waals surface area contributed by atoms with Crippen LogP contribution in [0, 0.1) is 12.7 Å². The normalized spacial score (nSPS) is 12.0. The van der Waals surface area contributed by atoms with Gasteiger partial charge >= 0.3 is 0 Å². The van der Waals surface area contributed by atoms with Crippen LogP contribution in [0.5, 0.6) is 0 Å². The van der Waals surface area contributed by atoms with Gasteiger partial charge in [-0.25, -0.2) is 12.8 Å². The number of sulfonamides is 1. The quantitative estimate of drug-likeness (QED) is 0.275. The molecule has 0 aromatic heterocycles. The zero-order chi connectivity index (χ0) is 28.6. The fourth-order valence-electron chi connectivity index (χ4n) is 3.93. The van der Waals surface area contributed by atoms with Crippen molar-refractivity contribution >= 4 is 43.5 Å². The molecule has 1 N–H and O–H groups in total. The average Bonchev–Trinajstić information content (AvgIpc) is 2.91. The van der Waals surface area contributed by atoms with E-state index in [-0.39, 0.29) is 22.7 Å². The second-order valence-electron chi connectivity index (χ2n) is 9.24. The number of carbonyl (C=O) groups excluding carboxylic acids is 2. The Kier molecular flexibility index (Phi) is 10.7. The molecule has 0 unspecified atom stereocenters. The van der Waals surface area contributed by atoms with Gasteiger partial charge in [0.25, 0.3) is 10.0 Å². The molecule has 0 aliphatic carbocycles. The van der Waals surface area contributed by atoms with Gasteiger partial charge in [-0.1, -0.05) is 71.2 Å². The first-order valence-electron chi connectivity index (χ1n) is 12.7. The van der Waals surface area contributed by atoms with Crippen LogP contribution >= 0.6 is 15.9 Å². The number of hydrogen-bond acceptors (Lipinski definition) is 4. The number of hydrogen-bond donors (Lipinski definition) is 1. The second kappa shape index (κ2) is 13.7. The van der Waals surface area contributed by atoms with Gasteiger partial charge in [0.2, 0.25) is 11.8 Å². The smallest absolute Gasteiger partial charge is 0.264 e. The van der Waals surface area contributed by atoms with E-state index in [1.54, 1.807) is 49.4 Å². The molecular weight excluding hydrogens is 585 g/mol. The number of aryl methyl sites for hydroxylation is 1. The molecule has 0 saturated carbocycles. The van der Waals surface area contributed by atoms with Crippen molar-refractivity contribution in [1.82, 2.24) is 10.2 Å². The second-order valence-corrected chi connectivity index (χ2v) is 12.0. The molecule has 0 fully saturated rings. The first kappa shape index (κ1) is 30.3. The highest BCUT2D eigenvalue weighted by molar-refractivity contribution is 9.10. The minimum atomic E-state index is -4.17. The number of benzene rings is 3. The summed E-state index contributed by atoms with van der Waals surface area (Å²) in [6.45, 7) is 5.04. The SMILES string of the molecule is CCCCNC(=O)[C@@H](C)N(Cc1ccccc1F)C(=O)CN(c1cccc(Br)c1)S(=O)(=O)c1ccc(C)cc1. The topological polar surface area (TPSA) is 86.8 Å². The van der Waals surface area contributed by atoms with E-state index < -0.39 is 40.2 Å². The Balaban J connectivity index is 2.01. The van der Waals surface area contributed by atoms with Gasteiger partial charge in [0, 0.05) is 23.1 Å². The molecule has 0 aliphatic heterocycles. The molecule has 0 spiro atoms. The lowest BCUT2D eigenvalue weighted by atomic mass is 10.1. The third-order valence-corrected chi connectivity index (χ3v) is 8.56. The summed E-state index contributed by atoms with van der Waals surface area (Å²) in [7, 11) is -4.17. The lowest BCUT2D eigenvalue weighted by molar-refractivity contribution is -0.139. The van der Waals surface area contributed by atoms with Crippen LogP contribution in [-0.2, 0) is 26.2 Å². The largest absolute Gasteiger partial charge is 0.354 e. The summed E-state index contributed by atoms with van der Waals surface area (Å²) < 4.78 is 43.8. The Morgan fingerprint density at radius 2 is 1.72 bits per heavy atom. The summed E-state index contributed by atoms with van der Waals surface area (Å²) in [5.74, 6) is -1.57. The predicted molar refractivity (Wildman–Crippen MR) is 154 cm³/mol. The van der Waals surface area contributed by atoms with Crippen LogP contribution < -0.4 is 9.62 Å². The Morgan fingerprint density at radius 3 is 2.36 bits per heavy atom. The van der Waals surface area contributed by atoms with E-state index in [1.807, 2.05) is 13.8 Å². The van der Waals surface area contributed by atoms with Gasteiger partial charge in [0.05, 0.1) is 10.6 Å². The first-order chi connectivity index (χ1) is 18.5. The molecule has 39 heavy (non-hydrogen) atoms. The minimum Gasteiger partial charge on any atom is -0.354 e. The molecule has 1 atom stereocenters. The highest BCUT2D eigenvalue weighted by atomic mass is 79.9. The summed E-state index contributed by atoms with van der Waals surface area (Å²) in [4.78, 5) is 28.0. The maximum atomic E-state index is 14.6. The molecule has 0 saturated heterocycles. The van der Waals surface area contributed by atoms with Gasteiger partial charge in [0.15, 0.2) is 0 Å². The maximum Gasteiger partial charge on any atom is 0.264 e. The Labute approximate surface area is 238 Å². The van der Waals surface area contributed by atoms with E-state index in [0.717, 1.165) is 22.7 Å². The monoisotopic (exact) mass is 617 g/mol. The third-order valence-electron chi connectivity index (χ3n) is 6.28. The predicted octanol–water partition coefficient (Wildman–Crippen LogP) is 5.43. The third kappa shape index (κ3) is 7.89. The number of rotatable bonds is 12. The Hall–Kier alpha value is -3.24. The highest BCUT2D eigenvalue weighted by Gasteiger charge is 2.32. The summed E-state index contributed by atoms with van der Waals surface area (Å²) >= 11 is 3.37. The van der Waals surface area contributed by atoms with E-state index in [4.69, 9.17) is 0 Å². The van der Waals surface area contributed by atoms with E-state index in [9.17, 15) is 22.4 Å². The molecule has 3 aromatic rings. The average molecular weight is 619 g/mol. The van der Waals surface area contributed by atoms with Crippen molar-refractivity contribution in [2.45, 2.75) is 51.1 Å². The summed E-state index contributed by atoms with van der Waals surface area (Å²) in [5.41, 5.74) is 1.37. The molecule has 7 nitrogen and oxygen atoms in total. The standard InChI is InChI=1S/C29H33BrFN3O4S/c1-4-5-17-32-29(36)22(3)33(19-23-9-6-7-12-27(23)31)28(35)20-34(25-11-8-10-24(30)18-25)39(37,38)26-15-13-21(2)14-16-26/h6-16,18,22H,4-5,17,19-20H2,1-3H3,(H,32,36)/t22-/m1/s1.